The van der Waals surface area contributed by atoms with Gasteiger partial charge in [0.2, 0.25) is 0 Å². The lowest BCUT2D eigenvalue weighted by molar-refractivity contribution is -0.142. The van der Waals surface area contributed by atoms with Gasteiger partial charge in [0.15, 0.2) is 0 Å². The topological polar surface area (TPSA) is 47.4 Å². The summed E-state index contributed by atoms with van der Waals surface area (Å²) in [4.78, 5) is 14.3. The van der Waals surface area contributed by atoms with Gasteiger partial charge in [-0.1, -0.05) is 6.08 Å². The Morgan fingerprint density at radius 2 is 2.53 bits per heavy atom. The summed E-state index contributed by atoms with van der Waals surface area (Å²) in [5.74, 6) is 0.0493. The Balaban J connectivity index is 2.06. The highest BCUT2D eigenvalue weighted by molar-refractivity contribution is 5.81. The molecule has 1 amide bonds. The van der Waals surface area contributed by atoms with E-state index in [0.29, 0.717) is 6.61 Å². The Kier molecular flexibility index (Phi) is 4.37. The number of hydrogen-bond acceptors (Lipinski definition) is 3. The molecule has 1 aliphatic heterocycles. The number of aryl methyl sites for hydroxylation is 1. The number of hydrogen-bond donors (Lipinski definition) is 0. The molecule has 5 heteroatoms. The van der Waals surface area contributed by atoms with Gasteiger partial charge in [-0.15, -0.1) is 6.58 Å². The first kappa shape index (κ1) is 13.8. The zero-order chi connectivity index (χ0) is 13.8. The van der Waals surface area contributed by atoms with Crippen molar-refractivity contribution in [3.8, 4) is 0 Å². The fourth-order valence-corrected chi connectivity index (χ4v) is 2.51. The summed E-state index contributed by atoms with van der Waals surface area (Å²) in [6.07, 6.45) is 7.07. The van der Waals surface area contributed by atoms with Gasteiger partial charge in [0.25, 0.3) is 5.91 Å². The van der Waals surface area contributed by atoms with Gasteiger partial charge < -0.3 is 9.64 Å². The molecule has 1 aliphatic rings. The predicted octanol–water partition coefficient (Wildman–Crippen LogP) is 1.67. The van der Waals surface area contributed by atoms with E-state index >= 15 is 0 Å². The number of nitrogens with zero attached hydrogens (tertiary/aromatic N) is 3. The van der Waals surface area contributed by atoms with E-state index in [1.165, 1.54) is 0 Å². The Morgan fingerprint density at radius 3 is 3.16 bits per heavy atom. The van der Waals surface area contributed by atoms with Crippen LogP contribution in [0, 0.1) is 0 Å². The van der Waals surface area contributed by atoms with Crippen molar-refractivity contribution in [2.75, 3.05) is 13.2 Å². The molecule has 19 heavy (non-hydrogen) atoms. The van der Waals surface area contributed by atoms with E-state index in [0.717, 1.165) is 24.9 Å². The van der Waals surface area contributed by atoms with E-state index < -0.39 is 6.10 Å². The molecule has 0 aromatic carbocycles. The lowest BCUT2D eigenvalue weighted by atomic mass is 10.1. The molecule has 0 saturated carbocycles. The maximum atomic E-state index is 12.4. The number of likely N-dealkylation sites (tertiary alicyclic amines) is 1. The van der Waals surface area contributed by atoms with Crippen molar-refractivity contribution in [2.45, 2.75) is 31.9 Å². The second kappa shape index (κ2) is 6.02. The highest BCUT2D eigenvalue weighted by Gasteiger charge is 2.33. The van der Waals surface area contributed by atoms with Crippen LogP contribution in [0.4, 0.5) is 0 Å². The number of carbonyl (C=O) groups is 1. The van der Waals surface area contributed by atoms with Crippen molar-refractivity contribution in [3.05, 3.63) is 30.6 Å². The predicted molar refractivity (Wildman–Crippen MR) is 72.5 cm³/mol. The van der Waals surface area contributed by atoms with Crippen LogP contribution in [0.5, 0.6) is 0 Å². The number of ether oxygens (including phenoxy) is 1. The highest BCUT2D eigenvalue weighted by atomic mass is 16.5. The molecule has 2 rings (SSSR count). The van der Waals surface area contributed by atoms with Gasteiger partial charge in [0.05, 0.1) is 18.8 Å². The third-order valence-electron chi connectivity index (χ3n) is 3.46. The van der Waals surface area contributed by atoms with Crippen LogP contribution in [0.15, 0.2) is 25.0 Å². The average Bonchev–Trinajstić information content (AvgIpc) is 3.03. The van der Waals surface area contributed by atoms with E-state index in [-0.39, 0.29) is 11.9 Å². The SMILES string of the molecule is C=CCO[C@@H](C)C(=O)N1CCC[C@H]1c1cnn(C)c1. The largest absolute Gasteiger partial charge is 0.365 e. The normalized spacial score (nSPS) is 20.5. The van der Waals surface area contributed by atoms with Crippen LogP contribution >= 0.6 is 0 Å². The van der Waals surface area contributed by atoms with Gasteiger partial charge in [-0.3, -0.25) is 9.48 Å². The smallest absolute Gasteiger partial charge is 0.251 e. The van der Waals surface area contributed by atoms with Crippen LogP contribution < -0.4 is 0 Å². The summed E-state index contributed by atoms with van der Waals surface area (Å²) in [5, 5.41) is 4.18. The maximum absolute atomic E-state index is 12.4. The molecule has 0 spiro atoms. The summed E-state index contributed by atoms with van der Waals surface area (Å²) in [6, 6.07) is 0.135. The van der Waals surface area contributed by atoms with Crippen molar-refractivity contribution in [1.82, 2.24) is 14.7 Å². The van der Waals surface area contributed by atoms with Gasteiger partial charge >= 0.3 is 0 Å². The van der Waals surface area contributed by atoms with Gasteiger partial charge in [-0.05, 0) is 19.8 Å². The van der Waals surface area contributed by atoms with Crippen LogP contribution in [0.1, 0.15) is 31.4 Å². The molecule has 0 aliphatic carbocycles. The molecule has 2 atom stereocenters. The van der Waals surface area contributed by atoms with Crippen molar-refractivity contribution in [2.24, 2.45) is 7.05 Å². The maximum Gasteiger partial charge on any atom is 0.251 e. The van der Waals surface area contributed by atoms with Crippen molar-refractivity contribution < 1.29 is 9.53 Å². The number of aromatic nitrogens is 2. The standard InChI is InChI=1S/C14H21N3O2/c1-4-8-19-11(2)14(18)17-7-5-6-13(17)12-9-15-16(3)10-12/h4,9-11,13H,1,5-8H2,2-3H3/t11-,13-/m0/s1. The summed E-state index contributed by atoms with van der Waals surface area (Å²) in [6.45, 7) is 6.58. The minimum atomic E-state index is -0.421. The molecular formula is C14H21N3O2. The third kappa shape index (κ3) is 3.04. The molecule has 1 aromatic heterocycles. The fraction of sp³-hybridized carbons (Fsp3) is 0.571. The molecule has 0 radical (unpaired) electrons. The Labute approximate surface area is 113 Å². The molecule has 0 bridgehead atoms. The zero-order valence-corrected chi connectivity index (χ0v) is 11.6. The fourth-order valence-electron chi connectivity index (χ4n) is 2.51. The van der Waals surface area contributed by atoms with E-state index in [2.05, 4.69) is 11.7 Å². The monoisotopic (exact) mass is 263 g/mol. The zero-order valence-electron chi connectivity index (χ0n) is 11.6. The quantitative estimate of drug-likeness (QED) is 0.759. The lowest BCUT2D eigenvalue weighted by Gasteiger charge is -2.26. The molecule has 1 fully saturated rings. The minimum Gasteiger partial charge on any atom is -0.365 e. The molecule has 1 aromatic rings. The number of carbonyl (C=O) groups excluding carboxylic acids is 1. The molecule has 0 N–H and O–H groups in total. The number of rotatable bonds is 5. The Morgan fingerprint density at radius 1 is 1.74 bits per heavy atom. The molecular weight excluding hydrogens is 242 g/mol. The minimum absolute atomic E-state index is 0.0493. The van der Waals surface area contributed by atoms with Crippen LogP contribution in [-0.2, 0) is 16.6 Å². The second-order valence-corrected chi connectivity index (χ2v) is 4.90. The molecule has 5 nitrogen and oxygen atoms in total. The first-order valence-corrected chi connectivity index (χ1v) is 6.65. The van der Waals surface area contributed by atoms with Crippen LogP contribution in [-0.4, -0.2) is 39.8 Å². The van der Waals surface area contributed by atoms with Crippen molar-refractivity contribution in [3.63, 3.8) is 0 Å². The summed E-state index contributed by atoms with van der Waals surface area (Å²) >= 11 is 0. The lowest BCUT2D eigenvalue weighted by Crippen LogP contribution is -2.38. The van der Waals surface area contributed by atoms with E-state index in [4.69, 9.17) is 4.74 Å². The van der Waals surface area contributed by atoms with Gasteiger partial charge in [-0.25, -0.2) is 0 Å². The summed E-state index contributed by atoms with van der Waals surface area (Å²) in [5.41, 5.74) is 1.10. The van der Waals surface area contributed by atoms with Gasteiger partial charge in [0, 0.05) is 25.4 Å². The van der Waals surface area contributed by atoms with Crippen LogP contribution in [0.3, 0.4) is 0 Å². The third-order valence-corrected chi connectivity index (χ3v) is 3.46. The first-order valence-electron chi connectivity index (χ1n) is 6.65. The van der Waals surface area contributed by atoms with Crippen molar-refractivity contribution in [1.29, 1.82) is 0 Å². The summed E-state index contributed by atoms with van der Waals surface area (Å²) < 4.78 is 7.20. The molecule has 104 valence electrons. The molecule has 1 saturated heterocycles. The van der Waals surface area contributed by atoms with E-state index in [9.17, 15) is 4.79 Å². The molecule has 2 heterocycles. The van der Waals surface area contributed by atoms with Crippen LogP contribution in [0.25, 0.3) is 0 Å². The Hall–Kier alpha value is -1.62. The average molecular weight is 263 g/mol. The number of amides is 1. The Bertz CT molecular complexity index is 455. The van der Waals surface area contributed by atoms with E-state index in [1.54, 1.807) is 17.7 Å². The second-order valence-electron chi connectivity index (χ2n) is 4.90. The van der Waals surface area contributed by atoms with Crippen LogP contribution in [0.2, 0.25) is 0 Å². The van der Waals surface area contributed by atoms with Crippen molar-refractivity contribution >= 4 is 5.91 Å². The highest BCUT2D eigenvalue weighted by Crippen LogP contribution is 2.32. The van der Waals surface area contributed by atoms with Gasteiger partial charge in [0.1, 0.15) is 6.10 Å². The van der Waals surface area contributed by atoms with E-state index in [1.807, 2.05) is 24.3 Å². The first-order chi connectivity index (χ1) is 9.13. The van der Waals surface area contributed by atoms with Gasteiger partial charge in [-0.2, -0.15) is 5.10 Å². The molecule has 0 unspecified atom stereocenters. The summed E-state index contributed by atoms with van der Waals surface area (Å²) in [7, 11) is 1.89.